The Labute approximate surface area is 105 Å². The van der Waals surface area contributed by atoms with E-state index in [-0.39, 0.29) is 6.04 Å². The van der Waals surface area contributed by atoms with Crippen molar-refractivity contribution in [3.63, 3.8) is 0 Å². The lowest BCUT2D eigenvalue weighted by molar-refractivity contribution is -0.126. The summed E-state index contributed by atoms with van der Waals surface area (Å²) >= 11 is 0. The van der Waals surface area contributed by atoms with Gasteiger partial charge in [0.2, 0.25) is 0 Å². The maximum atomic E-state index is 12.1. The van der Waals surface area contributed by atoms with Gasteiger partial charge in [0, 0.05) is 6.04 Å². The van der Waals surface area contributed by atoms with Gasteiger partial charge in [0.1, 0.15) is 5.75 Å². The van der Waals surface area contributed by atoms with Crippen molar-refractivity contribution < 1.29 is 17.9 Å². The lowest BCUT2D eigenvalue weighted by Gasteiger charge is -2.17. The molecule has 0 spiro atoms. The van der Waals surface area contributed by atoms with Crippen molar-refractivity contribution in [2.24, 2.45) is 0 Å². The van der Waals surface area contributed by atoms with E-state index < -0.39 is 12.7 Å². The van der Waals surface area contributed by atoms with Gasteiger partial charge in [-0.05, 0) is 37.5 Å². The molecule has 102 valence electrons. The van der Waals surface area contributed by atoms with Crippen LogP contribution in [0.5, 0.6) is 5.75 Å². The van der Waals surface area contributed by atoms with Crippen LogP contribution in [-0.4, -0.2) is 25.9 Å². The fourth-order valence-electron chi connectivity index (χ4n) is 1.79. The van der Waals surface area contributed by atoms with Crippen LogP contribution in [0.4, 0.5) is 13.2 Å². The third kappa shape index (κ3) is 4.56. The smallest absolute Gasteiger partial charge is 0.401 e. The van der Waals surface area contributed by atoms with Gasteiger partial charge in [-0.25, -0.2) is 0 Å². The van der Waals surface area contributed by atoms with Crippen molar-refractivity contribution >= 4 is 0 Å². The van der Waals surface area contributed by atoms with Gasteiger partial charge in [-0.15, -0.1) is 0 Å². The molecule has 5 heteroatoms. The SMILES string of the molecule is COc1cccc(CC(C)NCC(F)(F)F)c1C. The van der Waals surface area contributed by atoms with Gasteiger partial charge in [-0.3, -0.25) is 0 Å². The van der Waals surface area contributed by atoms with E-state index in [0.29, 0.717) is 6.42 Å². The summed E-state index contributed by atoms with van der Waals surface area (Å²) in [4.78, 5) is 0. The van der Waals surface area contributed by atoms with Gasteiger partial charge >= 0.3 is 6.18 Å². The highest BCUT2D eigenvalue weighted by molar-refractivity contribution is 5.39. The van der Waals surface area contributed by atoms with Crippen LogP contribution in [0, 0.1) is 6.92 Å². The number of rotatable bonds is 5. The van der Waals surface area contributed by atoms with Crippen molar-refractivity contribution in [1.29, 1.82) is 0 Å². The molecule has 2 nitrogen and oxygen atoms in total. The van der Waals surface area contributed by atoms with Crippen LogP contribution in [0.2, 0.25) is 0 Å². The topological polar surface area (TPSA) is 21.3 Å². The Morgan fingerprint density at radius 3 is 2.56 bits per heavy atom. The maximum absolute atomic E-state index is 12.1. The maximum Gasteiger partial charge on any atom is 0.401 e. The number of alkyl halides is 3. The molecule has 18 heavy (non-hydrogen) atoms. The molecule has 0 fully saturated rings. The van der Waals surface area contributed by atoms with Gasteiger partial charge in [0.15, 0.2) is 0 Å². The van der Waals surface area contributed by atoms with E-state index in [1.54, 1.807) is 14.0 Å². The number of halogens is 3. The van der Waals surface area contributed by atoms with Gasteiger partial charge < -0.3 is 10.1 Å². The van der Waals surface area contributed by atoms with Crippen molar-refractivity contribution in [1.82, 2.24) is 5.32 Å². The van der Waals surface area contributed by atoms with Gasteiger partial charge in [0.25, 0.3) is 0 Å². The average molecular weight is 261 g/mol. The molecule has 0 aliphatic carbocycles. The second kappa shape index (κ2) is 6.09. The summed E-state index contributed by atoms with van der Waals surface area (Å²) < 4.78 is 41.4. The van der Waals surface area contributed by atoms with E-state index in [2.05, 4.69) is 5.32 Å². The minimum Gasteiger partial charge on any atom is -0.496 e. The van der Waals surface area contributed by atoms with Crippen molar-refractivity contribution in [3.05, 3.63) is 29.3 Å². The Hall–Kier alpha value is -1.23. The fourth-order valence-corrected chi connectivity index (χ4v) is 1.79. The number of hydrogen-bond acceptors (Lipinski definition) is 2. The molecule has 0 aliphatic rings. The van der Waals surface area contributed by atoms with Gasteiger partial charge in [-0.1, -0.05) is 12.1 Å². The zero-order chi connectivity index (χ0) is 13.8. The van der Waals surface area contributed by atoms with Crippen LogP contribution in [0.25, 0.3) is 0 Å². The molecule has 0 amide bonds. The van der Waals surface area contributed by atoms with Crippen LogP contribution >= 0.6 is 0 Å². The van der Waals surface area contributed by atoms with Crippen LogP contribution < -0.4 is 10.1 Å². The summed E-state index contributed by atoms with van der Waals surface area (Å²) in [6.45, 7) is 2.69. The largest absolute Gasteiger partial charge is 0.496 e. The molecule has 1 unspecified atom stereocenters. The molecule has 1 atom stereocenters. The number of hydrogen-bond donors (Lipinski definition) is 1. The normalized spacial score (nSPS) is 13.4. The second-order valence-electron chi connectivity index (χ2n) is 4.35. The highest BCUT2D eigenvalue weighted by Crippen LogP contribution is 2.22. The Bertz CT molecular complexity index is 390. The van der Waals surface area contributed by atoms with Crippen molar-refractivity contribution in [2.45, 2.75) is 32.5 Å². The highest BCUT2D eigenvalue weighted by atomic mass is 19.4. The molecule has 0 radical (unpaired) electrons. The van der Waals surface area contributed by atoms with Crippen LogP contribution in [0.3, 0.4) is 0 Å². The minimum atomic E-state index is -4.17. The Kier molecular flexibility index (Phi) is 5.02. The lowest BCUT2D eigenvalue weighted by atomic mass is 10.0. The zero-order valence-corrected chi connectivity index (χ0v) is 10.8. The van der Waals surface area contributed by atoms with E-state index in [0.717, 1.165) is 16.9 Å². The second-order valence-corrected chi connectivity index (χ2v) is 4.35. The summed E-state index contributed by atoms with van der Waals surface area (Å²) in [6, 6.07) is 5.35. The summed E-state index contributed by atoms with van der Waals surface area (Å²) in [6.07, 6.45) is -3.63. The summed E-state index contributed by atoms with van der Waals surface area (Å²) in [5.74, 6) is 0.760. The van der Waals surface area contributed by atoms with Crippen LogP contribution in [0.1, 0.15) is 18.1 Å². The molecule has 1 N–H and O–H groups in total. The summed E-state index contributed by atoms with van der Waals surface area (Å²) in [5, 5.41) is 2.47. The first-order valence-electron chi connectivity index (χ1n) is 5.76. The predicted octanol–water partition coefficient (Wildman–Crippen LogP) is 3.09. The molecular formula is C13H18F3NO. The zero-order valence-electron chi connectivity index (χ0n) is 10.8. The molecule has 1 aromatic carbocycles. The molecule has 0 heterocycles. The lowest BCUT2D eigenvalue weighted by Crippen LogP contribution is -2.36. The molecule has 1 aromatic rings. The predicted molar refractivity (Wildman–Crippen MR) is 65.0 cm³/mol. The first-order chi connectivity index (χ1) is 8.33. The molecule has 0 saturated carbocycles. The van der Waals surface area contributed by atoms with E-state index >= 15 is 0 Å². The number of benzene rings is 1. The van der Waals surface area contributed by atoms with Crippen LogP contribution in [0.15, 0.2) is 18.2 Å². The number of methoxy groups -OCH3 is 1. The van der Waals surface area contributed by atoms with E-state index in [1.165, 1.54) is 0 Å². The number of nitrogens with one attached hydrogen (secondary N) is 1. The molecule has 0 aliphatic heterocycles. The van der Waals surface area contributed by atoms with Gasteiger partial charge in [-0.2, -0.15) is 13.2 Å². The molecular weight excluding hydrogens is 243 g/mol. The Balaban J connectivity index is 2.62. The average Bonchev–Trinajstić information content (AvgIpc) is 2.28. The summed E-state index contributed by atoms with van der Waals surface area (Å²) in [7, 11) is 1.58. The Morgan fingerprint density at radius 1 is 1.33 bits per heavy atom. The third-order valence-electron chi connectivity index (χ3n) is 2.79. The van der Waals surface area contributed by atoms with E-state index in [1.807, 2.05) is 25.1 Å². The van der Waals surface area contributed by atoms with E-state index in [4.69, 9.17) is 4.74 Å². The molecule has 0 aromatic heterocycles. The monoisotopic (exact) mass is 261 g/mol. The van der Waals surface area contributed by atoms with Gasteiger partial charge in [0.05, 0.1) is 13.7 Å². The molecule has 0 saturated heterocycles. The third-order valence-corrected chi connectivity index (χ3v) is 2.79. The Morgan fingerprint density at radius 2 is 2.00 bits per heavy atom. The van der Waals surface area contributed by atoms with Crippen LogP contribution in [-0.2, 0) is 6.42 Å². The van der Waals surface area contributed by atoms with Crippen molar-refractivity contribution in [3.8, 4) is 5.75 Å². The first-order valence-corrected chi connectivity index (χ1v) is 5.76. The van der Waals surface area contributed by atoms with Crippen molar-refractivity contribution in [2.75, 3.05) is 13.7 Å². The first kappa shape index (κ1) is 14.8. The fraction of sp³-hybridized carbons (Fsp3) is 0.538. The number of ether oxygens (including phenoxy) is 1. The summed E-state index contributed by atoms with van der Waals surface area (Å²) in [5.41, 5.74) is 1.97. The quantitative estimate of drug-likeness (QED) is 0.879. The standard InChI is InChI=1S/C13H18F3NO/c1-9(17-8-13(14,15)16)7-11-5-4-6-12(18-3)10(11)2/h4-6,9,17H,7-8H2,1-3H3. The highest BCUT2D eigenvalue weighted by Gasteiger charge is 2.27. The molecule has 1 rings (SSSR count). The minimum absolute atomic E-state index is 0.238. The molecule has 0 bridgehead atoms. The van der Waals surface area contributed by atoms with E-state index in [9.17, 15) is 13.2 Å².